The van der Waals surface area contributed by atoms with Crippen LogP contribution in [0.1, 0.15) is 0 Å². The lowest BCUT2D eigenvalue weighted by Gasteiger charge is -2.08. The minimum atomic E-state index is -3.44. The van der Waals surface area contributed by atoms with Gasteiger partial charge in [-0.25, -0.2) is 12.8 Å². The number of nitrogens with zero attached hydrogens (tertiary/aromatic N) is 1. The molecule has 0 atom stereocenters. The summed E-state index contributed by atoms with van der Waals surface area (Å²) in [6.45, 7) is 0. The Morgan fingerprint density at radius 1 is 1.31 bits per heavy atom. The molecule has 0 aliphatic rings. The van der Waals surface area contributed by atoms with Crippen molar-refractivity contribution in [3.63, 3.8) is 0 Å². The Balaban J connectivity index is 3.17. The van der Waals surface area contributed by atoms with Crippen molar-refractivity contribution in [1.82, 2.24) is 2.52 Å². The highest BCUT2D eigenvalue weighted by atomic mass is 127. The molecule has 1 rings (SSSR count). The van der Waals surface area contributed by atoms with Gasteiger partial charge in [0.25, 0.3) is 10.0 Å². The van der Waals surface area contributed by atoms with Crippen molar-refractivity contribution in [1.29, 1.82) is 0 Å². The van der Waals surface area contributed by atoms with Crippen LogP contribution < -0.4 is 0 Å². The first-order valence-electron chi connectivity index (χ1n) is 3.35. The van der Waals surface area contributed by atoms with Crippen LogP contribution >= 0.6 is 22.9 Å². The summed E-state index contributed by atoms with van der Waals surface area (Å²) in [5.41, 5.74) is 0. The molecule has 0 aromatic heterocycles. The summed E-state index contributed by atoms with van der Waals surface area (Å²) in [6, 6.07) is 4.71. The van der Waals surface area contributed by atoms with Gasteiger partial charge in [-0.2, -0.15) is 0 Å². The first kappa shape index (κ1) is 10.9. The number of hydrogen-bond donors (Lipinski definition) is 0. The monoisotopic (exact) mass is 315 g/mol. The number of halogens is 2. The molecule has 0 aliphatic heterocycles. The van der Waals surface area contributed by atoms with Crippen LogP contribution in [0.3, 0.4) is 0 Å². The predicted molar refractivity (Wildman–Crippen MR) is 55.4 cm³/mol. The van der Waals surface area contributed by atoms with Crippen molar-refractivity contribution in [2.75, 3.05) is 7.05 Å². The largest absolute Gasteiger partial charge is 0.251 e. The molecule has 1 aromatic rings. The third-order valence-corrected chi connectivity index (χ3v) is 4.53. The minimum Gasteiger partial charge on any atom is -0.207 e. The molecule has 0 saturated carbocycles. The lowest BCUT2D eigenvalue weighted by atomic mass is 10.4. The highest BCUT2D eigenvalue weighted by molar-refractivity contribution is 14.1. The highest BCUT2D eigenvalue weighted by Gasteiger charge is 2.17. The van der Waals surface area contributed by atoms with Gasteiger partial charge in [0.05, 0.1) is 4.90 Å². The molecule has 0 radical (unpaired) electrons. The van der Waals surface area contributed by atoms with E-state index in [1.807, 2.05) is 0 Å². The summed E-state index contributed by atoms with van der Waals surface area (Å²) in [6.07, 6.45) is 0. The standard InChI is InChI=1S/C7H7FINO2S/c1-10(9)13(11,12)7-4-2-6(8)3-5-7/h2-5H,1H3. The second-order valence-corrected chi connectivity index (χ2v) is 6.42. The van der Waals surface area contributed by atoms with Crippen LogP contribution in [0.4, 0.5) is 4.39 Å². The van der Waals surface area contributed by atoms with Gasteiger partial charge in [-0.15, -0.1) is 2.52 Å². The Bertz CT molecular complexity index is 387. The van der Waals surface area contributed by atoms with Crippen LogP contribution in [0, 0.1) is 5.82 Å². The van der Waals surface area contributed by atoms with Gasteiger partial charge < -0.3 is 0 Å². The van der Waals surface area contributed by atoms with Gasteiger partial charge in [0, 0.05) is 29.9 Å². The lowest BCUT2D eigenvalue weighted by molar-refractivity contribution is 0.570. The number of benzene rings is 1. The van der Waals surface area contributed by atoms with E-state index in [0.717, 1.165) is 14.7 Å². The Labute approximate surface area is 90.1 Å². The zero-order chi connectivity index (χ0) is 10.1. The fourth-order valence-corrected chi connectivity index (χ4v) is 2.20. The second-order valence-electron chi connectivity index (χ2n) is 2.35. The van der Waals surface area contributed by atoms with Crippen molar-refractivity contribution < 1.29 is 12.8 Å². The SMILES string of the molecule is CN(I)S(=O)(=O)c1ccc(F)cc1. The molecule has 72 valence electrons. The Kier molecular flexibility index (Phi) is 3.25. The topological polar surface area (TPSA) is 37.4 Å². The smallest absolute Gasteiger partial charge is 0.207 e. The summed E-state index contributed by atoms with van der Waals surface area (Å²) < 4.78 is 36.4. The number of rotatable bonds is 2. The van der Waals surface area contributed by atoms with Crippen molar-refractivity contribution in [2.24, 2.45) is 0 Å². The van der Waals surface area contributed by atoms with Crippen LogP contribution in [0.5, 0.6) is 0 Å². The maximum Gasteiger partial charge on any atom is 0.251 e. The Morgan fingerprint density at radius 3 is 2.15 bits per heavy atom. The zero-order valence-corrected chi connectivity index (χ0v) is 9.71. The van der Waals surface area contributed by atoms with Crippen LogP contribution in [-0.4, -0.2) is 18.0 Å². The summed E-state index contributed by atoms with van der Waals surface area (Å²) in [5.74, 6) is -0.449. The van der Waals surface area contributed by atoms with E-state index in [0.29, 0.717) is 0 Å². The van der Waals surface area contributed by atoms with Crippen molar-refractivity contribution in [2.45, 2.75) is 4.90 Å². The first-order valence-corrected chi connectivity index (χ1v) is 5.75. The van der Waals surface area contributed by atoms with Gasteiger partial charge in [0.2, 0.25) is 0 Å². The Morgan fingerprint density at radius 2 is 1.77 bits per heavy atom. The molecule has 0 aliphatic carbocycles. The van der Waals surface area contributed by atoms with E-state index in [9.17, 15) is 12.8 Å². The summed E-state index contributed by atoms with van der Waals surface area (Å²) >= 11 is 1.65. The van der Waals surface area contributed by atoms with E-state index in [1.165, 1.54) is 19.2 Å². The molecule has 13 heavy (non-hydrogen) atoms. The van der Waals surface area contributed by atoms with E-state index in [1.54, 1.807) is 22.9 Å². The molecule has 0 bridgehead atoms. The number of hydrogen-bond acceptors (Lipinski definition) is 2. The van der Waals surface area contributed by atoms with Gasteiger partial charge >= 0.3 is 0 Å². The highest BCUT2D eigenvalue weighted by Crippen LogP contribution is 2.17. The molecule has 0 heterocycles. The van der Waals surface area contributed by atoms with Crippen molar-refractivity contribution >= 4 is 32.9 Å². The van der Waals surface area contributed by atoms with Gasteiger partial charge in [0.1, 0.15) is 5.82 Å². The molecule has 0 saturated heterocycles. The van der Waals surface area contributed by atoms with E-state index < -0.39 is 15.8 Å². The normalized spacial score (nSPS) is 12.0. The maximum absolute atomic E-state index is 12.5. The quantitative estimate of drug-likeness (QED) is 0.616. The molecule has 0 unspecified atom stereocenters. The third-order valence-electron chi connectivity index (χ3n) is 1.44. The summed E-state index contributed by atoms with van der Waals surface area (Å²) in [5, 5.41) is 0. The zero-order valence-electron chi connectivity index (χ0n) is 6.74. The molecular formula is C7H7FINO2S. The number of sulfonamides is 1. The lowest BCUT2D eigenvalue weighted by Crippen LogP contribution is -2.16. The molecule has 3 nitrogen and oxygen atoms in total. The first-order chi connectivity index (χ1) is 5.94. The van der Waals surface area contributed by atoms with Crippen LogP contribution in [0.2, 0.25) is 0 Å². The molecule has 0 fully saturated rings. The fraction of sp³-hybridized carbons (Fsp3) is 0.143. The van der Waals surface area contributed by atoms with Gasteiger partial charge in [-0.05, 0) is 24.3 Å². The predicted octanol–water partition coefficient (Wildman–Crippen LogP) is 1.80. The van der Waals surface area contributed by atoms with Crippen molar-refractivity contribution in [3.05, 3.63) is 30.1 Å². The molecule has 0 amide bonds. The van der Waals surface area contributed by atoms with E-state index in [2.05, 4.69) is 0 Å². The summed E-state index contributed by atoms with van der Waals surface area (Å²) in [4.78, 5) is 0.0887. The molecule has 1 aromatic carbocycles. The summed E-state index contributed by atoms with van der Waals surface area (Å²) in [7, 11) is -2.02. The fourth-order valence-electron chi connectivity index (χ4n) is 0.752. The molecular weight excluding hydrogens is 308 g/mol. The Hall–Kier alpha value is -0.210. The van der Waals surface area contributed by atoms with E-state index >= 15 is 0 Å². The van der Waals surface area contributed by atoms with Gasteiger partial charge in [0.15, 0.2) is 0 Å². The minimum absolute atomic E-state index is 0.0887. The average molecular weight is 315 g/mol. The average Bonchev–Trinajstić information content (AvgIpc) is 2.04. The van der Waals surface area contributed by atoms with Crippen molar-refractivity contribution in [3.8, 4) is 0 Å². The third kappa shape index (κ3) is 2.38. The van der Waals surface area contributed by atoms with Gasteiger partial charge in [-0.1, -0.05) is 0 Å². The second kappa shape index (κ2) is 3.89. The van der Waals surface area contributed by atoms with E-state index in [-0.39, 0.29) is 4.90 Å². The maximum atomic E-state index is 12.5. The van der Waals surface area contributed by atoms with Crippen LogP contribution in [0.25, 0.3) is 0 Å². The van der Waals surface area contributed by atoms with E-state index in [4.69, 9.17) is 0 Å². The molecule has 0 spiro atoms. The van der Waals surface area contributed by atoms with Gasteiger partial charge in [-0.3, -0.25) is 0 Å². The van der Waals surface area contributed by atoms with Crippen LogP contribution in [0.15, 0.2) is 29.2 Å². The molecule has 6 heteroatoms. The van der Waals surface area contributed by atoms with Crippen LogP contribution in [-0.2, 0) is 10.0 Å². The molecule has 0 N–H and O–H groups in total.